The maximum absolute atomic E-state index is 11.8. The van der Waals surface area contributed by atoms with Gasteiger partial charge in [0.15, 0.2) is 0 Å². The second-order valence-corrected chi connectivity index (χ2v) is 5.15. The molecule has 122 valence electrons. The van der Waals surface area contributed by atoms with Crippen LogP contribution in [0.4, 0.5) is 20.8 Å². The van der Waals surface area contributed by atoms with E-state index in [-0.39, 0.29) is 11.4 Å². The Morgan fingerprint density at radius 1 is 1.33 bits per heavy atom. The molecule has 0 radical (unpaired) electrons. The minimum atomic E-state index is -1.27. The predicted molar refractivity (Wildman–Crippen MR) is 88.0 cm³/mol. The quantitative estimate of drug-likeness (QED) is 0.705. The molecule has 3 N–H and O–H groups in total. The maximum Gasteiger partial charge on any atom is 0.450 e. The highest BCUT2D eigenvalue weighted by Gasteiger charge is 2.10. The van der Waals surface area contributed by atoms with Crippen LogP contribution in [0.1, 0.15) is 0 Å². The smallest absolute Gasteiger partial charge is 0.398 e. The Kier molecular flexibility index (Phi) is 3.87. The van der Waals surface area contributed by atoms with Gasteiger partial charge in [-0.05, 0) is 29.7 Å². The molecule has 24 heavy (non-hydrogen) atoms. The number of pyridine rings is 2. The van der Waals surface area contributed by atoms with Crippen molar-refractivity contribution in [1.82, 2.24) is 9.55 Å². The van der Waals surface area contributed by atoms with E-state index in [1.54, 1.807) is 31.3 Å². The van der Waals surface area contributed by atoms with Crippen molar-refractivity contribution in [3.63, 3.8) is 0 Å². The first kappa shape index (κ1) is 15.5. The Bertz CT molecular complexity index is 1000. The van der Waals surface area contributed by atoms with Gasteiger partial charge in [-0.15, -0.1) is 0 Å². The number of amides is 1. The van der Waals surface area contributed by atoms with Gasteiger partial charge in [-0.2, -0.15) is 0 Å². The Hall–Kier alpha value is -3.42. The number of aromatic nitrogens is 2. The van der Waals surface area contributed by atoms with E-state index in [1.807, 2.05) is 0 Å². The number of benzene rings is 1. The molecule has 0 atom stereocenters. The first-order chi connectivity index (χ1) is 11.5. The van der Waals surface area contributed by atoms with E-state index in [0.29, 0.717) is 22.2 Å². The normalized spacial score (nSPS) is 10.6. The molecule has 0 aliphatic rings. The van der Waals surface area contributed by atoms with Gasteiger partial charge in [-0.3, -0.25) is 10.1 Å². The molecule has 7 nitrogen and oxygen atoms in total. The molecule has 1 aromatic carbocycles. The van der Waals surface area contributed by atoms with Crippen molar-refractivity contribution in [2.24, 2.45) is 7.05 Å². The lowest BCUT2D eigenvalue weighted by molar-refractivity contribution is -0.0544. The molecular weight excluding hydrogens is 315 g/mol. The third kappa shape index (κ3) is 2.76. The van der Waals surface area contributed by atoms with Gasteiger partial charge in [0.2, 0.25) is 0 Å². The fraction of sp³-hybridized carbons (Fsp3) is 0.0625. The fourth-order valence-electron chi connectivity index (χ4n) is 2.48. The van der Waals surface area contributed by atoms with Crippen LogP contribution < -0.4 is 16.6 Å². The zero-order valence-corrected chi connectivity index (χ0v) is 12.6. The lowest BCUT2D eigenvalue weighted by Gasteiger charge is -2.11. The molecule has 0 aliphatic heterocycles. The number of hydrogen-bond acceptors (Lipinski definition) is 5. The Balaban J connectivity index is 2.15. The Labute approximate surface area is 135 Å². The van der Waals surface area contributed by atoms with Crippen LogP contribution in [-0.2, 0) is 12.0 Å². The number of nitrogens with two attached hydrogens (primary N) is 1. The van der Waals surface area contributed by atoms with Gasteiger partial charge in [-0.1, -0.05) is 6.07 Å². The molecule has 2 heterocycles. The van der Waals surface area contributed by atoms with Crippen LogP contribution in [0.15, 0.2) is 47.4 Å². The van der Waals surface area contributed by atoms with Crippen molar-refractivity contribution in [1.29, 1.82) is 0 Å². The van der Waals surface area contributed by atoms with Gasteiger partial charge < -0.3 is 10.3 Å². The van der Waals surface area contributed by atoms with Gasteiger partial charge in [0.05, 0.1) is 5.69 Å². The van der Waals surface area contributed by atoms with E-state index >= 15 is 0 Å². The maximum atomic E-state index is 11.8. The molecule has 0 bridgehead atoms. The van der Waals surface area contributed by atoms with Gasteiger partial charge in [0.1, 0.15) is 5.82 Å². The van der Waals surface area contributed by atoms with Crippen LogP contribution in [0.3, 0.4) is 0 Å². The SMILES string of the molecule is Cn1c(-c2cc(N)c3cnc(NC(=O)OF)cc3c2)cccc1=O. The number of nitrogens with zero attached hydrogens (tertiary/aromatic N) is 2. The van der Waals surface area contributed by atoms with Crippen molar-refractivity contribution in [2.45, 2.75) is 0 Å². The van der Waals surface area contributed by atoms with Gasteiger partial charge >= 0.3 is 6.09 Å². The van der Waals surface area contributed by atoms with Crippen molar-refractivity contribution in [2.75, 3.05) is 11.1 Å². The lowest BCUT2D eigenvalue weighted by Crippen LogP contribution is -2.16. The van der Waals surface area contributed by atoms with Gasteiger partial charge in [0, 0.05) is 40.5 Å². The molecule has 0 spiro atoms. The van der Waals surface area contributed by atoms with Gasteiger partial charge in [-0.25, -0.2) is 14.7 Å². The third-order valence-corrected chi connectivity index (χ3v) is 3.65. The number of hydrogen-bond donors (Lipinski definition) is 2. The molecule has 0 saturated carbocycles. The minimum Gasteiger partial charge on any atom is -0.398 e. The monoisotopic (exact) mass is 328 g/mol. The lowest BCUT2D eigenvalue weighted by atomic mass is 10.0. The highest BCUT2D eigenvalue weighted by atomic mass is 19.3. The summed E-state index contributed by atoms with van der Waals surface area (Å²) in [6.45, 7) is 0. The second-order valence-electron chi connectivity index (χ2n) is 5.15. The number of halogens is 1. The zero-order valence-electron chi connectivity index (χ0n) is 12.6. The molecule has 0 fully saturated rings. The van der Waals surface area contributed by atoms with Crippen LogP contribution >= 0.6 is 0 Å². The molecule has 1 amide bonds. The topological polar surface area (TPSA) is 99.2 Å². The van der Waals surface area contributed by atoms with Crippen LogP contribution in [0, 0.1) is 0 Å². The van der Waals surface area contributed by atoms with Gasteiger partial charge in [0.25, 0.3) is 5.56 Å². The summed E-state index contributed by atoms with van der Waals surface area (Å²) in [5.74, 6) is 0.114. The minimum absolute atomic E-state index is 0.114. The van der Waals surface area contributed by atoms with E-state index in [9.17, 15) is 14.1 Å². The zero-order chi connectivity index (χ0) is 17.3. The highest BCUT2D eigenvalue weighted by Crippen LogP contribution is 2.29. The first-order valence-corrected chi connectivity index (χ1v) is 6.95. The number of anilines is 2. The van der Waals surface area contributed by atoms with Crippen molar-refractivity contribution < 1.29 is 14.3 Å². The summed E-state index contributed by atoms with van der Waals surface area (Å²) in [6, 6.07) is 9.99. The number of carbonyl (C=O) groups excluding carboxylic acids is 1. The summed E-state index contributed by atoms with van der Waals surface area (Å²) in [5.41, 5.74) is 7.79. The first-order valence-electron chi connectivity index (χ1n) is 6.95. The van der Waals surface area contributed by atoms with Crippen LogP contribution in [0.2, 0.25) is 0 Å². The molecule has 0 saturated heterocycles. The average molecular weight is 328 g/mol. The summed E-state index contributed by atoms with van der Waals surface area (Å²) in [5, 5.41) is 3.48. The van der Waals surface area contributed by atoms with E-state index in [2.05, 4.69) is 15.2 Å². The number of nitrogens with one attached hydrogen (secondary N) is 1. The number of carbonyl (C=O) groups is 1. The molecule has 3 rings (SSSR count). The van der Waals surface area contributed by atoms with Crippen molar-refractivity contribution in [3.05, 3.63) is 52.9 Å². The van der Waals surface area contributed by atoms with E-state index in [0.717, 1.165) is 5.56 Å². The summed E-state index contributed by atoms with van der Waals surface area (Å²) < 4.78 is 13.3. The molecule has 3 aromatic rings. The highest BCUT2D eigenvalue weighted by molar-refractivity contribution is 5.98. The second kappa shape index (κ2) is 5.99. The van der Waals surface area contributed by atoms with Crippen molar-refractivity contribution >= 4 is 28.4 Å². The van der Waals surface area contributed by atoms with Crippen LogP contribution in [0.5, 0.6) is 0 Å². The third-order valence-electron chi connectivity index (χ3n) is 3.65. The summed E-state index contributed by atoms with van der Waals surface area (Å²) in [7, 11) is 1.66. The largest absolute Gasteiger partial charge is 0.450 e. The van der Waals surface area contributed by atoms with Crippen molar-refractivity contribution in [3.8, 4) is 11.3 Å². The summed E-state index contributed by atoms with van der Waals surface area (Å²) in [4.78, 5) is 29.8. The molecule has 0 unspecified atom stereocenters. The van der Waals surface area contributed by atoms with Crippen LogP contribution in [-0.4, -0.2) is 15.6 Å². The molecule has 2 aromatic heterocycles. The number of fused-ring (bicyclic) bond motifs is 1. The Morgan fingerprint density at radius 2 is 2.12 bits per heavy atom. The predicted octanol–water partition coefficient (Wildman–Crippen LogP) is 2.62. The standard InChI is InChI=1S/C16H13FN4O3/c1-21-13(3-2-4-15(21)22)10-5-9-7-14(20-16(23)24-17)19-8-11(9)12(18)6-10/h2-8H,18H2,1H3,(H,19,20,23). The summed E-state index contributed by atoms with van der Waals surface area (Å²) >= 11 is 0. The molecular formula is C16H13FN4O3. The van der Waals surface area contributed by atoms with E-state index in [1.165, 1.54) is 22.9 Å². The fourth-order valence-corrected chi connectivity index (χ4v) is 2.48. The van der Waals surface area contributed by atoms with E-state index < -0.39 is 6.09 Å². The van der Waals surface area contributed by atoms with Crippen LogP contribution in [0.25, 0.3) is 22.0 Å². The summed E-state index contributed by atoms with van der Waals surface area (Å²) in [6.07, 6.45) is 0.197. The molecule has 0 aliphatic carbocycles. The average Bonchev–Trinajstić information content (AvgIpc) is 2.56. The Morgan fingerprint density at radius 3 is 2.88 bits per heavy atom. The number of nitrogen functional groups attached to an aromatic ring is 1. The molecule has 8 heteroatoms. The number of rotatable bonds is 2. The van der Waals surface area contributed by atoms with E-state index in [4.69, 9.17) is 5.73 Å².